The second kappa shape index (κ2) is 6.24. The first-order chi connectivity index (χ1) is 12.9. The number of aryl methyl sites for hydroxylation is 1. The van der Waals surface area contributed by atoms with E-state index in [9.17, 15) is 4.79 Å². The van der Waals surface area contributed by atoms with Crippen LogP contribution in [0.4, 0.5) is 5.82 Å². The van der Waals surface area contributed by atoms with Crippen LogP contribution in [0.25, 0.3) is 33.5 Å². The van der Waals surface area contributed by atoms with E-state index in [1.165, 1.54) is 4.90 Å². The Hall–Kier alpha value is -3.68. The summed E-state index contributed by atoms with van der Waals surface area (Å²) in [5.74, 6) is 0.925. The molecule has 0 atom stereocenters. The van der Waals surface area contributed by atoms with Gasteiger partial charge in [0.15, 0.2) is 0 Å². The Balaban J connectivity index is 1.79. The Kier molecular flexibility index (Phi) is 3.88. The number of H-pyrrole nitrogens is 1. The quantitative estimate of drug-likeness (QED) is 0.582. The number of hydrogen-bond acceptors (Lipinski definition) is 5. The lowest BCUT2D eigenvalue weighted by atomic mass is 10.1. The standard InChI is InChI=1S/C19H19N7O/c1-25(2)19(27)11-4-5-15-16(7-11)24-18(23-15)14-6-12(8-21-17(14)20)13-9-22-26(3)10-13/h4-10H,1-3H3,(H2,20,21)(H,23,24). The summed E-state index contributed by atoms with van der Waals surface area (Å²) >= 11 is 0. The van der Waals surface area contributed by atoms with Crippen molar-refractivity contribution in [3.8, 4) is 22.5 Å². The van der Waals surface area contributed by atoms with Crippen LogP contribution < -0.4 is 5.73 Å². The molecule has 8 heteroatoms. The molecule has 0 aliphatic rings. The lowest BCUT2D eigenvalue weighted by Gasteiger charge is -2.09. The lowest BCUT2D eigenvalue weighted by molar-refractivity contribution is 0.0827. The number of hydrogen-bond donors (Lipinski definition) is 2. The highest BCUT2D eigenvalue weighted by Crippen LogP contribution is 2.29. The van der Waals surface area contributed by atoms with Crippen molar-refractivity contribution in [2.24, 2.45) is 7.05 Å². The highest BCUT2D eigenvalue weighted by molar-refractivity contribution is 5.97. The van der Waals surface area contributed by atoms with Gasteiger partial charge >= 0.3 is 0 Å². The SMILES string of the molecule is CN(C)C(=O)c1ccc2nc(-c3cc(-c4cnn(C)c4)cnc3N)[nH]c2c1. The largest absolute Gasteiger partial charge is 0.383 e. The highest BCUT2D eigenvalue weighted by atomic mass is 16.2. The molecule has 0 saturated carbocycles. The number of aromatic nitrogens is 5. The van der Waals surface area contributed by atoms with Crippen LogP contribution >= 0.6 is 0 Å². The van der Waals surface area contributed by atoms with Gasteiger partial charge in [-0.15, -0.1) is 0 Å². The molecule has 0 saturated heterocycles. The number of amides is 1. The summed E-state index contributed by atoms with van der Waals surface area (Å²) in [4.78, 5) is 25.9. The summed E-state index contributed by atoms with van der Waals surface area (Å²) in [7, 11) is 5.31. The fraction of sp³-hybridized carbons (Fsp3) is 0.158. The van der Waals surface area contributed by atoms with E-state index in [0.717, 1.165) is 22.2 Å². The van der Waals surface area contributed by atoms with Crippen molar-refractivity contribution in [1.29, 1.82) is 0 Å². The third kappa shape index (κ3) is 3.01. The number of nitrogens with two attached hydrogens (primary N) is 1. The monoisotopic (exact) mass is 361 g/mol. The molecule has 1 aromatic carbocycles. The Morgan fingerprint density at radius 3 is 2.70 bits per heavy atom. The molecule has 136 valence electrons. The minimum atomic E-state index is -0.0622. The molecule has 4 aromatic rings. The molecule has 0 fully saturated rings. The number of carbonyl (C=O) groups excluding carboxylic acids is 1. The van der Waals surface area contributed by atoms with Crippen molar-refractivity contribution in [1.82, 2.24) is 29.6 Å². The predicted molar refractivity (Wildman–Crippen MR) is 104 cm³/mol. The molecule has 3 aromatic heterocycles. The molecule has 0 spiro atoms. The molecule has 1 amide bonds. The van der Waals surface area contributed by atoms with Crippen LogP contribution in [0, 0.1) is 0 Å². The zero-order valence-corrected chi connectivity index (χ0v) is 15.3. The van der Waals surface area contributed by atoms with E-state index in [-0.39, 0.29) is 5.91 Å². The number of aromatic amines is 1. The average Bonchev–Trinajstić information content (AvgIpc) is 3.26. The Labute approximate surface area is 155 Å². The first kappa shape index (κ1) is 16.8. The number of nitrogen functional groups attached to an aromatic ring is 1. The third-order valence-corrected chi connectivity index (χ3v) is 4.35. The minimum absolute atomic E-state index is 0.0622. The van der Waals surface area contributed by atoms with Crippen molar-refractivity contribution < 1.29 is 4.79 Å². The number of carbonyl (C=O) groups is 1. The number of fused-ring (bicyclic) bond motifs is 1. The van der Waals surface area contributed by atoms with Crippen LogP contribution in [0.5, 0.6) is 0 Å². The van der Waals surface area contributed by atoms with E-state index in [4.69, 9.17) is 5.73 Å². The molecule has 0 radical (unpaired) electrons. The van der Waals surface area contributed by atoms with Gasteiger partial charge in [0.05, 0.1) is 22.8 Å². The first-order valence-corrected chi connectivity index (χ1v) is 8.38. The van der Waals surface area contributed by atoms with Crippen LogP contribution in [0.1, 0.15) is 10.4 Å². The average molecular weight is 361 g/mol. The van der Waals surface area contributed by atoms with Crippen LogP contribution in [-0.4, -0.2) is 49.6 Å². The Bertz CT molecular complexity index is 1160. The fourth-order valence-corrected chi connectivity index (χ4v) is 2.92. The molecule has 0 aliphatic heterocycles. The molecular formula is C19H19N7O. The van der Waals surface area contributed by atoms with E-state index in [1.807, 2.05) is 25.4 Å². The lowest BCUT2D eigenvalue weighted by Crippen LogP contribution is -2.21. The number of pyridine rings is 1. The van der Waals surface area contributed by atoms with E-state index >= 15 is 0 Å². The summed E-state index contributed by atoms with van der Waals surface area (Å²) in [6.45, 7) is 0. The van der Waals surface area contributed by atoms with Gasteiger partial charge in [0.1, 0.15) is 11.6 Å². The molecule has 27 heavy (non-hydrogen) atoms. The summed E-state index contributed by atoms with van der Waals surface area (Å²) in [5.41, 5.74) is 10.8. The summed E-state index contributed by atoms with van der Waals surface area (Å²) in [6.07, 6.45) is 5.40. The number of anilines is 1. The van der Waals surface area contributed by atoms with Crippen molar-refractivity contribution in [3.63, 3.8) is 0 Å². The van der Waals surface area contributed by atoms with Gasteiger partial charge in [0.25, 0.3) is 5.91 Å². The van der Waals surface area contributed by atoms with Crippen molar-refractivity contribution in [2.75, 3.05) is 19.8 Å². The fourth-order valence-electron chi connectivity index (χ4n) is 2.92. The maximum Gasteiger partial charge on any atom is 0.253 e. The van der Waals surface area contributed by atoms with Crippen molar-refractivity contribution in [2.45, 2.75) is 0 Å². The molecule has 0 unspecified atom stereocenters. The van der Waals surface area contributed by atoms with Crippen LogP contribution in [0.15, 0.2) is 42.9 Å². The van der Waals surface area contributed by atoms with Gasteiger partial charge in [0.2, 0.25) is 0 Å². The smallest absolute Gasteiger partial charge is 0.253 e. The van der Waals surface area contributed by atoms with Gasteiger partial charge < -0.3 is 15.6 Å². The number of imidazole rings is 1. The minimum Gasteiger partial charge on any atom is -0.383 e. The number of rotatable bonds is 3. The second-order valence-electron chi connectivity index (χ2n) is 6.58. The highest BCUT2D eigenvalue weighted by Gasteiger charge is 2.14. The van der Waals surface area contributed by atoms with Gasteiger partial charge in [-0.1, -0.05) is 0 Å². The molecule has 3 heterocycles. The van der Waals surface area contributed by atoms with Crippen LogP contribution in [0.3, 0.4) is 0 Å². The van der Waals surface area contributed by atoms with Gasteiger partial charge in [-0.05, 0) is 24.3 Å². The summed E-state index contributed by atoms with van der Waals surface area (Å²) in [6, 6.07) is 7.31. The number of nitrogens with one attached hydrogen (secondary N) is 1. The van der Waals surface area contributed by atoms with Crippen LogP contribution in [0.2, 0.25) is 0 Å². The zero-order valence-electron chi connectivity index (χ0n) is 15.3. The normalized spacial score (nSPS) is 11.1. The first-order valence-electron chi connectivity index (χ1n) is 8.38. The summed E-state index contributed by atoms with van der Waals surface area (Å²) < 4.78 is 1.73. The van der Waals surface area contributed by atoms with Gasteiger partial charge in [-0.3, -0.25) is 9.48 Å². The topological polar surface area (TPSA) is 106 Å². The predicted octanol–water partition coefficient (Wildman–Crippen LogP) is 2.31. The molecular weight excluding hydrogens is 342 g/mol. The van der Waals surface area contributed by atoms with E-state index in [2.05, 4.69) is 20.1 Å². The molecule has 4 rings (SSSR count). The summed E-state index contributed by atoms with van der Waals surface area (Å²) in [5, 5.41) is 4.19. The van der Waals surface area contributed by atoms with E-state index in [1.54, 1.807) is 43.3 Å². The van der Waals surface area contributed by atoms with Crippen molar-refractivity contribution >= 4 is 22.8 Å². The third-order valence-electron chi connectivity index (χ3n) is 4.35. The zero-order chi connectivity index (χ0) is 19.1. The molecule has 3 N–H and O–H groups in total. The molecule has 8 nitrogen and oxygen atoms in total. The Morgan fingerprint density at radius 2 is 2.00 bits per heavy atom. The number of nitrogens with zero attached hydrogens (tertiary/aromatic N) is 5. The molecule has 0 bridgehead atoms. The van der Waals surface area contributed by atoms with Crippen molar-refractivity contribution in [3.05, 3.63) is 48.4 Å². The van der Waals surface area contributed by atoms with E-state index < -0.39 is 0 Å². The van der Waals surface area contributed by atoms with E-state index in [0.29, 0.717) is 22.8 Å². The Morgan fingerprint density at radius 1 is 1.19 bits per heavy atom. The van der Waals surface area contributed by atoms with Gasteiger partial charge in [0, 0.05) is 50.2 Å². The maximum absolute atomic E-state index is 12.2. The molecule has 0 aliphatic carbocycles. The number of benzene rings is 1. The van der Waals surface area contributed by atoms with Gasteiger partial charge in [-0.2, -0.15) is 5.10 Å². The van der Waals surface area contributed by atoms with Gasteiger partial charge in [-0.25, -0.2) is 9.97 Å². The maximum atomic E-state index is 12.2. The second-order valence-corrected chi connectivity index (χ2v) is 6.58. The van der Waals surface area contributed by atoms with Crippen LogP contribution in [-0.2, 0) is 7.05 Å².